The van der Waals surface area contributed by atoms with Gasteiger partial charge in [0.05, 0.1) is 5.70 Å². The number of hydrogen-bond acceptors (Lipinski definition) is 1. The van der Waals surface area contributed by atoms with E-state index in [-0.39, 0.29) is 5.83 Å². The van der Waals surface area contributed by atoms with E-state index in [1.54, 1.807) is 25.1 Å². The van der Waals surface area contributed by atoms with Gasteiger partial charge in [-0.3, -0.25) is 0 Å². The summed E-state index contributed by atoms with van der Waals surface area (Å²) in [5, 5.41) is 0. The molecule has 0 aliphatic heterocycles. The van der Waals surface area contributed by atoms with E-state index in [0.717, 1.165) is 23.8 Å². The molecule has 1 nitrogen and oxygen atoms in total. The quantitative estimate of drug-likeness (QED) is 0.347. The Labute approximate surface area is 150 Å². The van der Waals surface area contributed by atoms with Crippen LogP contribution >= 0.6 is 0 Å². The van der Waals surface area contributed by atoms with Crippen LogP contribution in [0.3, 0.4) is 0 Å². The average molecular weight is 338 g/mol. The molecule has 0 aromatic rings. The van der Waals surface area contributed by atoms with Crippen LogP contribution in [0.25, 0.3) is 0 Å². The summed E-state index contributed by atoms with van der Waals surface area (Å²) < 4.78 is 14.1. The lowest BCUT2D eigenvalue weighted by Crippen LogP contribution is -2.12. The maximum Gasteiger partial charge on any atom is 0.146 e. The lowest BCUT2D eigenvalue weighted by molar-refractivity contribution is 0.301. The highest BCUT2D eigenvalue weighted by Gasteiger charge is 2.16. The fourth-order valence-corrected chi connectivity index (χ4v) is 2.62. The molecule has 0 aromatic carbocycles. The van der Waals surface area contributed by atoms with Crippen LogP contribution in [-0.4, -0.2) is 19.0 Å². The molecule has 140 valence electrons. The minimum atomic E-state index is -0.285. The van der Waals surface area contributed by atoms with Crippen LogP contribution in [0.5, 0.6) is 0 Å². The van der Waals surface area contributed by atoms with Crippen molar-refractivity contribution in [3.05, 3.63) is 36.3 Å². The van der Waals surface area contributed by atoms with Crippen LogP contribution < -0.4 is 0 Å². The molecule has 24 heavy (non-hydrogen) atoms. The van der Waals surface area contributed by atoms with Crippen molar-refractivity contribution in [1.29, 1.82) is 0 Å². The van der Waals surface area contributed by atoms with Gasteiger partial charge >= 0.3 is 0 Å². The van der Waals surface area contributed by atoms with Gasteiger partial charge in [0.15, 0.2) is 0 Å². The molecule has 4 unspecified atom stereocenters. The number of hydrogen-bond donors (Lipinski definition) is 0. The van der Waals surface area contributed by atoms with E-state index in [1.165, 1.54) is 25.7 Å². The number of nitrogens with zero attached hydrogens (tertiary/aromatic N) is 1. The molecule has 2 heteroatoms. The third-order valence-corrected chi connectivity index (χ3v) is 5.60. The van der Waals surface area contributed by atoms with Crippen LogP contribution in [0.1, 0.15) is 66.7 Å². The topological polar surface area (TPSA) is 3.24 Å². The molecule has 0 spiro atoms. The van der Waals surface area contributed by atoms with Crippen molar-refractivity contribution in [2.24, 2.45) is 23.7 Å². The molecule has 0 rings (SSSR count). The predicted molar refractivity (Wildman–Crippen MR) is 107 cm³/mol. The van der Waals surface area contributed by atoms with Crippen LogP contribution in [0, 0.1) is 23.7 Å². The van der Waals surface area contributed by atoms with Gasteiger partial charge in [-0.1, -0.05) is 67.0 Å². The molecular weight excluding hydrogens is 297 g/mol. The van der Waals surface area contributed by atoms with E-state index in [2.05, 4.69) is 47.8 Å². The first-order chi connectivity index (χ1) is 11.1. The highest BCUT2D eigenvalue weighted by molar-refractivity contribution is 5.29. The Morgan fingerprint density at radius 3 is 1.92 bits per heavy atom. The molecule has 0 aliphatic carbocycles. The van der Waals surface area contributed by atoms with Crippen molar-refractivity contribution < 1.29 is 4.39 Å². The van der Waals surface area contributed by atoms with Gasteiger partial charge in [0.1, 0.15) is 5.83 Å². The summed E-state index contributed by atoms with van der Waals surface area (Å²) >= 11 is 0. The van der Waals surface area contributed by atoms with Gasteiger partial charge in [-0.15, -0.1) is 0 Å². The van der Waals surface area contributed by atoms with Crippen LogP contribution in [0.15, 0.2) is 36.3 Å². The lowest BCUT2D eigenvalue weighted by atomic mass is 9.83. The Morgan fingerprint density at radius 2 is 1.46 bits per heavy atom. The minimum Gasteiger partial charge on any atom is -0.376 e. The summed E-state index contributed by atoms with van der Waals surface area (Å²) in [7, 11) is 3.59. The molecule has 0 N–H and O–H groups in total. The number of halogens is 1. The Kier molecular flexibility index (Phi) is 11.0. The fraction of sp³-hybridized carbons (Fsp3) is 0.727. The maximum absolute atomic E-state index is 14.1. The fourth-order valence-electron chi connectivity index (χ4n) is 2.62. The number of likely N-dealkylation sites (N-methyl/N-ethyl adjacent to an activating group) is 1. The molecule has 0 aliphatic rings. The average Bonchev–Trinajstić information content (AvgIpc) is 2.55. The smallest absolute Gasteiger partial charge is 0.146 e. The van der Waals surface area contributed by atoms with Gasteiger partial charge in [0.2, 0.25) is 0 Å². The molecule has 4 atom stereocenters. The second-order valence-corrected chi connectivity index (χ2v) is 7.93. The first-order valence-electron chi connectivity index (χ1n) is 9.52. The van der Waals surface area contributed by atoms with Gasteiger partial charge in [0, 0.05) is 14.1 Å². The summed E-state index contributed by atoms with van der Waals surface area (Å²) in [6.45, 7) is 19.3. The normalized spacial score (nSPS) is 17.1. The van der Waals surface area contributed by atoms with E-state index >= 15 is 0 Å². The first-order valence-corrected chi connectivity index (χ1v) is 9.52. The molecule has 0 amide bonds. The van der Waals surface area contributed by atoms with Gasteiger partial charge in [-0.25, -0.2) is 4.39 Å². The van der Waals surface area contributed by atoms with Crippen LogP contribution in [0.4, 0.5) is 4.39 Å². The molecule has 0 saturated heterocycles. The number of allylic oxidation sites excluding steroid dienone is 3. The third kappa shape index (κ3) is 8.70. The van der Waals surface area contributed by atoms with Gasteiger partial charge in [-0.05, 0) is 48.2 Å². The van der Waals surface area contributed by atoms with Crippen LogP contribution in [-0.2, 0) is 0 Å². The first kappa shape index (κ1) is 22.9. The lowest BCUT2D eigenvalue weighted by Gasteiger charge is -2.23. The Bertz CT molecular complexity index is 422. The largest absolute Gasteiger partial charge is 0.376 e. The molecule has 0 heterocycles. The standard InChI is InChI=1S/C22H40FN/c1-10-16(2)11-12-17(3)18(4)13-14-19(5)20(6)15-22(23)21(7)24(8)9/h15-19H,6-7,10-14H2,1-5,8-9H3/b22-15+. The SMILES string of the molecule is C=C(/C=C(/F)C(=C)N(C)C)C(C)CCC(C)C(C)CCC(C)CC. The molecular formula is C22H40FN. The highest BCUT2D eigenvalue weighted by atomic mass is 19.1. The highest BCUT2D eigenvalue weighted by Crippen LogP contribution is 2.28. The predicted octanol–water partition coefficient (Wildman–Crippen LogP) is 6.99. The minimum absolute atomic E-state index is 0.285. The van der Waals surface area contributed by atoms with Crippen molar-refractivity contribution in [3.8, 4) is 0 Å². The zero-order chi connectivity index (χ0) is 18.9. The second-order valence-electron chi connectivity index (χ2n) is 7.93. The summed E-state index contributed by atoms with van der Waals surface area (Å²) in [6, 6.07) is 0. The molecule has 0 saturated carbocycles. The maximum atomic E-state index is 14.1. The van der Waals surface area contributed by atoms with E-state index in [4.69, 9.17) is 0 Å². The summed E-state index contributed by atoms with van der Waals surface area (Å²) in [6.07, 6.45) is 7.68. The summed E-state index contributed by atoms with van der Waals surface area (Å²) in [5.41, 5.74) is 1.25. The second kappa shape index (κ2) is 11.5. The van der Waals surface area contributed by atoms with Crippen LogP contribution in [0.2, 0.25) is 0 Å². The Hall–Kier alpha value is -1.05. The summed E-state index contributed by atoms with van der Waals surface area (Å²) in [5.74, 6) is 2.30. The Morgan fingerprint density at radius 1 is 0.958 bits per heavy atom. The van der Waals surface area contributed by atoms with Crippen molar-refractivity contribution in [3.63, 3.8) is 0 Å². The van der Waals surface area contributed by atoms with Crippen molar-refractivity contribution in [2.75, 3.05) is 14.1 Å². The molecule has 0 bridgehead atoms. The van der Waals surface area contributed by atoms with E-state index in [1.807, 2.05) is 0 Å². The van der Waals surface area contributed by atoms with E-state index < -0.39 is 0 Å². The van der Waals surface area contributed by atoms with Crippen molar-refractivity contribution >= 4 is 0 Å². The monoisotopic (exact) mass is 337 g/mol. The van der Waals surface area contributed by atoms with Crippen molar-refractivity contribution in [2.45, 2.75) is 66.7 Å². The van der Waals surface area contributed by atoms with Gasteiger partial charge in [-0.2, -0.15) is 0 Å². The summed E-state index contributed by atoms with van der Waals surface area (Å²) in [4.78, 5) is 1.69. The van der Waals surface area contributed by atoms with E-state index in [9.17, 15) is 4.39 Å². The zero-order valence-corrected chi connectivity index (χ0v) is 17.2. The zero-order valence-electron chi connectivity index (χ0n) is 17.2. The molecule has 0 fully saturated rings. The van der Waals surface area contributed by atoms with Crippen molar-refractivity contribution in [1.82, 2.24) is 4.90 Å². The van der Waals surface area contributed by atoms with Gasteiger partial charge < -0.3 is 4.90 Å². The van der Waals surface area contributed by atoms with Gasteiger partial charge in [0.25, 0.3) is 0 Å². The third-order valence-electron chi connectivity index (χ3n) is 5.60. The molecule has 0 radical (unpaired) electrons. The number of rotatable bonds is 12. The Balaban J connectivity index is 4.36. The molecule has 0 aromatic heterocycles. The van der Waals surface area contributed by atoms with E-state index in [0.29, 0.717) is 17.5 Å².